The van der Waals surface area contributed by atoms with E-state index in [-0.39, 0.29) is 31.4 Å². The molecule has 4 unspecified atom stereocenters. The first-order chi connectivity index (χ1) is 20.1. The fourth-order valence-electron chi connectivity index (χ4n) is 4.38. The number of benzene rings is 2. The highest BCUT2D eigenvalue weighted by Gasteiger charge is 2.30. The Bertz CT molecular complexity index is 1130. The molecule has 42 heavy (non-hydrogen) atoms. The molecule has 0 radical (unpaired) electrons. The second-order valence-electron chi connectivity index (χ2n) is 10.3. The number of unbranched alkanes of at least 4 members (excludes halogenated alkanes) is 2. The third-order valence-electron chi connectivity index (χ3n) is 6.79. The minimum absolute atomic E-state index is 0.0715. The van der Waals surface area contributed by atoms with E-state index in [2.05, 4.69) is 16.0 Å². The van der Waals surface area contributed by atoms with E-state index in [1.165, 1.54) is 12.1 Å². The lowest BCUT2D eigenvalue weighted by Gasteiger charge is -2.25. The Morgan fingerprint density at radius 2 is 1.12 bits per heavy atom. The van der Waals surface area contributed by atoms with Gasteiger partial charge in [-0.15, -0.1) is 0 Å². The molecule has 0 aromatic heterocycles. The third-order valence-corrected chi connectivity index (χ3v) is 6.79. The molecular formula is C30H44N6O6. The van der Waals surface area contributed by atoms with E-state index in [1.807, 2.05) is 6.07 Å². The first-order valence-corrected chi connectivity index (χ1v) is 14.3. The van der Waals surface area contributed by atoms with Gasteiger partial charge in [-0.25, -0.2) is 4.79 Å². The maximum absolute atomic E-state index is 13.4. The Kier molecular flexibility index (Phi) is 15.0. The van der Waals surface area contributed by atoms with Gasteiger partial charge in [0.15, 0.2) is 0 Å². The average Bonchev–Trinajstić information content (AvgIpc) is 2.97. The molecule has 11 N–H and O–H groups in total. The van der Waals surface area contributed by atoms with Crippen molar-refractivity contribution in [1.29, 1.82) is 0 Å². The van der Waals surface area contributed by atoms with Crippen molar-refractivity contribution in [2.24, 2.45) is 17.2 Å². The van der Waals surface area contributed by atoms with Gasteiger partial charge in [0.05, 0.1) is 6.04 Å². The number of hydrogen-bond acceptors (Lipinski definition) is 8. The summed E-state index contributed by atoms with van der Waals surface area (Å²) in [6.07, 6.45) is 3.05. The zero-order valence-corrected chi connectivity index (χ0v) is 23.8. The number of phenolic OH excluding ortho intramolecular Hbond substituents is 1. The highest BCUT2D eigenvalue weighted by molar-refractivity contribution is 5.94. The summed E-state index contributed by atoms with van der Waals surface area (Å²) in [4.78, 5) is 51.5. The first kappa shape index (κ1) is 34.2. The highest BCUT2D eigenvalue weighted by Crippen LogP contribution is 2.12. The van der Waals surface area contributed by atoms with Crippen LogP contribution in [0.2, 0.25) is 0 Å². The maximum Gasteiger partial charge on any atom is 0.326 e. The van der Waals surface area contributed by atoms with Crippen molar-refractivity contribution in [2.45, 2.75) is 75.5 Å². The van der Waals surface area contributed by atoms with Gasteiger partial charge >= 0.3 is 5.97 Å². The van der Waals surface area contributed by atoms with Gasteiger partial charge in [-0.2, -0.15) is 0 Å². The smallest absolute Gasteiger partial charge is 0.326 e. The van der Waals surface area contributed by atoms with E-state index in [1.54, 1.807) is 36.4 Å². The monoisotopic (exact) mass is 584 g/mol. The fraction of sp³-hybridized carbons (Fsp3) is 0.467. The second kappa shape index (κ2) is 18.4. The molecule has 0 bridgehead atoms. The molecule has 0 aliphatic carbocycles. The summed E-state index contributed by atoms with van der Waals surface area (Å²) >= 11 is 0. The normalized spacial score (nSPS) is 13.8. The molecule has 0 spiro atoms. The van der Waals surface area contributed by atoms with Crippen molar-refractivity contribution < 1.29 is 29.4 Å². The predicted octanol–water partition coefficient (Wildman–Crippen LogP) is 0.302. The summed E-state index contributed by atoms with van der Waals surface area (Å²) in [5, 5.41) is 27.2. The number of nitrogens with two attached hydrogens (primary N) is 3. The molecule has 2 aromatic carbocycles. The number of aliphatic carboxylic acids is 1. The molecule has 0 saturated heterocycles. The topological polar surface area (TPSA) is 223 Å². The Balaban J connectivity index is 2.13. The van der Waals surface area contributed by atoms with E-state index in [4.69, 9.17) is 17.2 Å². The highest BCUT2D eigenvalue weighted by atomic mass is 16.4. The van der Waals surface area contributed by atoms with Crippen molar-refractivity contribution >= 4 is 23.7 Å². The number of carboxylic acids is 1. The summed E-state index contributed by atoms with van der Waals surface area (Å²) in [7, 11) is 0. The number of nitrogens with one attached hydrogen (secondary N) is 3. The van der Waals surface area contributed by atoms with Crippen molar-refractivity contribution in [3.05, 3.63) is 65.7 Å². The largest absolute Gasteiger partial charge is 0.508 e. The average molecular weight is 585 g/mol. The summed E-state index contributed by atoms with van der Waals surface area (Å²) in [5.41, 5.74) is 18.8. The van der Waals surface area contributed by atoms with Crippen LogP contribution in [0.1, 0.15) is 49.7 Å². The number of carbonyl (C=O) groups is 4. The molecule has 0 fully saturated rings. The minimum Gasteiger partial charge on any atom is -0.508 e. The number of carboxylic acid groups (broad SMARTS) is 1. The molecule has 3 amide bonds. The lowest BCUT2D eigenvalue weighted by Crippen LogP contribution is -2.57. The number of hydrogen-bond donors (Lipinski definition) is 8. The Labute approximate surface area is 246 Å². The summed E-state index contributed by atoms with van der Waals surface area (Å²) in [6.45, 7) is 0.801. The van der Waals surface area contributed by atoms with Crippen LogP contribution in [-0.2, 0) is 32.0 Å². The first-order valence-electron chi connectivity index (χ1n) is 14.3. The molecule has 0 heterocycles. The van der Waals surface area contributed by atoms with Gasteiger partial charge in [0.1, 0.15) is 23.9 Å². The summed E-state index contributed by atoms with van der Waals surface area (Å²) in [6, 6.07) is 11.0. The van der Waals surface area contributed by atoms with Crippen molar-refractivity contribution in [3.63, 3.8) is 0 Å². The van der Waals surface area contributed by atoms with Crippen LogP contribution in [0.5, 0.6) is 5.75 Å². The molecule has 2 rings (SSSR count). The lowest BCUT2D eigenvalue weighted by atomic mass is 10.0. The fourth-order valence-corrected chi connectivity index (χ4v) is 4.38. The van der Waals surface area contributed by atoms with Crippen LogP contribution in [0.3, 0.4) is 0 Å². The molecule has 4 atom stereocenters. The van der Waals surface area contributed by atoms with Gasteiger partial charge < -0.3 is 43.4 Å². The molecule has 2 aromatic rings. The lowest BCUT2D eigenvalue weighted by molar-refractivity contribution is -0.142. The van der Waals surface area contributed by atoms with Crippen LogP contribution in [-0.4, -0.2) is 71.2 Å². The van der Waals surface area contributed by atoms with Crippen LogP contribution in [0.25, 0.3) is 0 Å². The van der Waals surface area contributed by atoms with Gasteiger partial charge in [0.2, 0.25) is 17.7 Å². The molecule has 0 saturated carbocycles. The molecular weight excluding hydrogens is 540 g/mol. The van der Waals surface area contributed by atoms with Crippen molar-refractivity contribution in [1.82, 2.24) is 16.0 Å². The molecule has 12 nitrogen and oxygen atoms in total. The van der Waals surface area contributed by atoms with Gasteiger partial charge in [0.25, 0.3) is 0 Å². The molecule has 0 aliphatic heterocycles. The summed E-state index contributed by atoms with van der Waals surface area (Å²) in [5.74, 6) is -2.88. The maximum atomic E-state index is 13.4. The van der Waals surface area contributed by atoms with Gasteiger partial charge in [-0.1, -0.05) is 42.5 Å². The third kappa shape index (κ3) is 12.2. The zero-order valence-electron chi connectivity index (χ0n) is 23.8. The van der Waals surface area contributed by atoms with Gasteiger partial charge in [0, 0.05) is 6.42 Å². The second-order valence-corrected chi connectivity index (χ2v) is 10.3. The van der Waals surface area contributed by atoms with Crippen LogP contribution in [0, 0.1) is 0 Å². The number of rotatable bonds is 19. The molecule has 12 heteroatoms. The minimum atomic E-state index is -1.20. The van der Waals surface area contributed by atoms with Crippen LogP contribution < -0.4 is 33.2 Å². The Hall–Kier alpha value is -4.00. The number of amides is 3. The molecule has 230 valence electrons. The van der Waals surface area contributed by atoms with Crippen molar-refractivity contribution in [3.8, 4) is 5.75 Å². The number of phenols is 1. The van der Waals surface area contributed by atoms with Crippen LogP contribution in [0.4, 0.5) is 0 Å². The number of aromatic hydroxyl groups is 1. The van der Waals surface area contributed by atoms with E-state index in [9.17, 15) is 29.4 Å². The van der Waals surface area contributed by atoms with Crippen molar-refractivity contribution in [2.75, 3.05) is 13.1 Å². The standard InChI is InChI=1S/C30H44N6O6/c31-16-6-4-10-24(34-27(38)23(33)18-21-12-14-22(37)15-13-21)28(39)35-25(11-5-7-17-32)29(40)36-26(30(41)42)19-20-8-2-1-3-9-20/h1-3,8-9,12-15,23-26,37H,4-7,10-11,16-19,31-33H2,(H,34,38)(H,35,39)(H,36,40)(H,41,42). The van der Waals surface area contributed by atoms with E-state index in [0.29, 0.717) is 38.8 Å². The SMILES string of the molecule is NCCCCC(NC(=O)C(N)Cc1ccc(O)cc1)C(=O)NC(CCCCN)C(=O)NC(Cc1ccccc1)C(=O)O. The van der Waals surface area contributed by atoms with Gasteiger partial charge in [-0.3, -0.25) is 14.4 Å². The Morgan fingerprint density at radius 3 is 1.62 bits per heavy atom. The summed E-state index contributed by atoms with van der Waals surface area (Å²) < 4.78 is 0. The Morgan fingerprint density at radius 1 is 0.643 bits per heavy atom. The van der Waals surface area contributed by atoms with E-state index in [0.717, 1.165) is 11.1 Å². The molecule has 0 aliphatic rings. The predicted molar refractivity (Wildman–Crippen MR) is 159 cm³/mol. The van der Waals surface area contributed by atoms with Crippen LogP contribution in [0.15, 0.2) is 54.6 Å². The van der Waals surface area contributed by atoms with Gasteiger partial charge in [-0.05, 0) is 81.3 Å². The van der Waals surface area contributed by atoms with E-state index < -0.39 is 47.9 Å². The van der Waals surface area contributed by atoms with Crippen LogP contribution >= 0.6 is 0 Å². The zero-order chi connectivity index (χ0) is 30.9. The quantitative estimate of drug-likeness (QED) is 0.106. The van der Waals surface area contributed by atoms with E-state index >= 15 is 0 Å². The number of carbonyl (C=O) groups excluding carboxylic acids is 3.